The third-order valence-electron chi connectivity index (χ3n) is 6.32. The van der Waals surface area contributed by atoms with Gasteiger partial charge in [0, 0.05) is 37.1 Å². The number of nitrogens with two attached hydrogens (primary N) is 1. The maximum Gasteiger partial charge on any atom is 0.251 e. The Labute approximate surface area is 201 Å². The van der Waals surface area contributed by atoms with E-state index in [4.69, 9.17) is 27.1 Å². The number of nitrogen functional groups attached to an aromatic ring is 1. The van der Waals surface area contributed by atoms with Gasteiger partial charge in [-0.05, 0) is 61.2 Å². The summed E-state index contributed by atoms with van der Waals surface area (Å²) in [5.41, 5.74) is 8.85. The first-order valence-corrected chi connectivity index (χ1v) is 12.3. The lowest BCUT2D eigenvalue weighted by Crippen LogP contribution is -2.36. The highest BCUT2D eigenvalue weighted by Gasteiger charge is 2.28. The van der Waals surface area contributed by atoms with Gasteiger partial charge >= 0.3 is 0 Å². The molecule has 1 fully saturated rings. The molecule has 0 aliphatic carbocycles. The third kappa shape index (κ3) is 4.37. The topological polar surface area (TPSA) is 106 Å². The van der Waals surface area contributed by atoms with E-state index in [0.717, 1.165) is 52.7 Å². The van der Waals surface area contributed by atoms with E-state index in [9.17, 15) is 9.90 Å². The van der Waals surface area contributed by atoms with Crippen LogP contribution in [0, 0.1) is 5.92 Å². The predicted octanol–water partition coefficient (Wildman–Crippen LogP) is 3.37. The van der Waals surface area contributed by atoms with Gasteiger partial charge in [0.2, 0.25) is 0 Å². The molecule has 1 amide bonds. The minimum absolute atomic E-state index is 0.200. The Hall–Kier alpha value is -2.49. The van der Waals surface area contributed by atoms with Gasteiger partial charge in [0.05, 0.1) is 17.1 Å². The summed E-state index contributed by atoms with van der Waals surface area (Å²) in [4.78, 5) is 23.7. The minimum Gasteiger partial charge on any atom is -0.493 e. The number of fused-ring (bicyclic) bond motifs is 2. The maximum atomic E-state index is 12.1. The van der Waals surface area contributed by atoms with Gasteiger partial charge < -0.3 is 25.0 Å². The molecule has 3 aromatic rings. The van der Waals surface area contributed by atoms with Crippen LogP contribution >= 0.6 is 23.4 Å². The van der Waals surface area contributed by atoms with Crippen LogP contribution in [0.4, 0.5) is 5.82 Å². The number of pyridine rings is 1. The molecule has 4 heterocycles. The molecule has 1 unspecified atom stereocenters. The molecule has 2 aliphatic rings. The standard InChI is InChI=1S/C23H26ClN5O3S/c1-13(30)22(31)28-7-3-14(12-28)4-8-29-17-2-6-26-21(25)20(17)27-23(29)33-19-11-18-15(5-9-32-18)10-16(19)24/h2,6,10-11,13-14,30H,3-5,7-9,12H2,1H3,(H2,25,26)/t13-,14?/m1/s1. The number of carbonyl (C=O) groups excluding carboxylic acids is 1. The van der Waals surface area contributed by atoms with Crippen LogP contribution in [0.5, 0.6) is 5.75 Å². The number of anilines is 1. The van der Waals surface area contributed by atoms with E-state index in [0.29, 0.717) is 42.0 Å². The number of hydrogen-bond acceptors (Lipinski definition) is 7. The molecule has 1 saturated heterocycles. The Bertz CT molecular complexity index is 1210. The van der Waals surface area contributed by atoms with Crippen LogP contribution in [-0.2, 0) is 17.8 Å². The molecule has 5 rings (SSSR count). The first kappa shape index (κ1) is 22.3. The van der Waals surface area contributed by atoms with E-state index in [1.54, 1.807) is 11.1 Å². The molecule has 33 heavy (non-hydrogen) atoms. The molecule has 10 heteroatoms. The number of halogens is 1. The average Bonchev–Trinajstić information content (AvgIpc) is 3.51. The number of hydrogen-bond donors (Lipinski definition) is 2. The first-order valence-electron chi connectivity index (χ1n) is 11.1. The van der Waals surface area contributed by atoms with Gasteiger partial charge in [-0.3, -0.25) is 4.79 Å². The van der Waals surface area contributed by atoms with Crippen molar-refractivity contribution in [2.75, 3.05) is 25.4 Å². The highest BCUT2D eigenvalue weighted by molar-refractivity contribution is 7.99. The van der Waals surface area contributed by atoms with Crippen molar-refractivity contribution in [2.24, 2.45) is 5.92 Å². The molecule has 0 bridgehead atoms. The molecular formula is C23H26ClN5O3S. The molecule has 2 atom stereocenters. The van der Waals surface area contributed by atoms with Gasteiger partial charge in [-0.25, -0.2) is 9.97 Å². The predicted molar refractivity (Wildman–Crippen MR) is 128 cm³/mol. The van der Waals surface area contributed by atoms with Crippen LogP contribution in [-0.4, -0.2) is 56.2 Å². The number of aliphatic hydroxyl groups is 1. The van der Waals surface area contributed by atoms with Gasteiger partial charge in [0.15, 0.2) is 11.0 Å². The Morgan fingerprint density at radius 3 is 3.12 bits per heavy atom. The van der Waals surface area contributed by atoms with E-state index < -0.39 is 6.10 Å². The van der Waals surface area contributed by atoms with Crippen LogP contribution in [0.3, 0.4) is 0 Å². The van der Waals surface area contributed by atoms with Crippen molar-refractivity contribution in [2.45, 2.75) is 48.9 Å². The zero-order chi connectivity index (χ0) is 23.1. The van der Waals surface area contributed by atoms with Crippen LogP contribution in [0.25, 0.3) is 11.0 Å². The molecule has 0 spiro atoms. The van der Waals surface area contributed by atoms with Crippen LogP contribution < -0.4 is 10.5 Å². The summed E-state index contributed by atoms with van der Waals surface area (Å²) in [6.45, 7) is 4.27. The fourth-order valence-electron chi connectivity index (χ4n) is 4.54. The second-order valence-electron chi connectivity index (χ2n) is 8.60. The van der Waals surface area contributed by atoms with Crippen LogP contribution in [0.1, 0.15) is 25.3 Å². The zero-order valence-electron chi connectivity index (χ0n) is 18.3. The van der Waals surface area contributed by atoms with Gasteiger partial charge in [-0.2, -0.15) is 0 Å². The Morgan fingerprint density at radius 2 is 2.30 bits per heavy atom. The van der Waals surface area contributed by atoms with Crippen molar-refractivity contribution in [1.29, 1.82) is 0 Å². The second-order valence-corrected chi connectivity index (χ2v) is 10.0. The molecule has 174 valence electrons. The van der Waals surface area contributed by atoms with Gasteiger partial charge in [-0.15, -0.1) is 0 Å². The number of imidazole rings is 1. The highest BCUT2D eigenvalue weighted by Crippen LogP contribution is 2.40. The normalized spacial score (nSPS) is 18.5. The lowest BCUT2D eigenvalue weighted by Gasteiger charge is -2.18. The number of aromatic nitrogens is 3. The Balaban J connectivity index is 1.40. The average molecular weight is 488 g/mol. The quantitative estimate of drug-likeness (QED) is 0.549. The summed E-state index contributed by atoms with van der Waals surface area (Å²) in [5.74, 6) is 1.43. The van der Waals surface area contributed by atoms with E-state index in [1.807, 2.05) is 18.2 Å². The number of likely N-dealkylation sites (tertiary alicyclic amines) is 1. The number of aliphatic hydroxyl groups excluding tert-OH is 1. The summed E-state index contributed by atoms with van der Waals surface area (Å²) < 4.78 is 7.88. The largest absolute Gasteiger partial charge is 0.493 e. The number of aryl methyl sites for hydroxylation is 1. The summed E-state index contributed by atoms with van der Waals surface area (Å²) in [6.07, 6.45) is 3.41. The number of carbonyl (C=O) groups is 1. The van der Waals surface area contributed by atoms with Crippen molar-refractivity contribution in [3.05, 3.63) is 35.0 Å². The monoisotopic (exact) mass is 487 g/mol. The van der Waals surface area contributed by atoms with E-state index in [2.05, 4.69) is 9.55 Å². The summed E-state index contributed by atoms with van der Waals surface area (Å²) >= 11 is 8.08. The smallest absolute Gasteiger partial charge is 0.251 e. The SMILES string of the molecule is C[C@@H](O)C(=O)N1CCC(CCn2c(Sc3cc4c(cc3Cl)CCO4)nc3c(N)nccc32)C1. The number of ether oxygens (including phenoxy) is 1. The summed E-state index contributed by atoms with van der Waals surface area (Å²) in [7, 11) is 0. The number of amides is 1. The molecule has 0 saturated carbocycles. The van der Waals surface area contributed by atoms with Crippen molar-refractivity contribution in [3.8, 4) is 5.75 Å². The van der Waals surface area contributed by atoms with Crippen molar-refractivity contribution in [1.82, 2.24) is 19.4 Å². The summed E-state index contributed by atoms with van der Waals surface area (Å²) in [6, 6.07) is 5.88. The Kier molecular flexibility index (Phi) is 6.11. The highest BCUT2D eigenvalue weighted by atomic mass is 35.5. The van der Waals surface area contributed by atoms with Crippen molar-refractivity contribution >= 4 is 46.1 Å². The third-order valence-corrected chi connectivity index (χ3v) is 7.80. The number of benzene rings is 1. The van der Waals surface area contributed by atoms with E-state index >= 15 is 0 Å². The molecule has 3 N–H and O–H groups in total. The van der Waals surface area contributed by atoms with Crippen LogP contribution in [0.2, 0.25) is 5.02 Å². The Morgan fingerprint density at radius 1 is 1.45 bits per heavy atom. The molecule has 2 aromatic heterocycles. The molecule has 0 radical (unpaired) electrons. The van der Waals surface area contributed by atoms with Crippen molar-refractivity contribution in [3.63, 3.8) is 0 Å². The number of nitrogens with zero attached hydrogens (tertiary/aromatic N) is 4. The minimum atomic E-state index is -0.958. The van der Waals surface area contributed by atoms with Gasteiger partial charge in [0.25, 0.3) is 5.91 Å². The van der Waals surface area contributed by atoms with Gasteiger partial charge in [-0.1, -0.05) is 11.6 Å². The van der Waals surface area contributed by atoms with Crippen LogP contribution in [0.15, 0.2) is 34.4 Å². The number of rotatable bonds is 6. The van der Waals surface area contributed by atoms with E-state index in [-0.39, 0.29) is 5.91 Å². The second kappa shape index (κ2) is 9.04. The van der Waals surface area contributed by atoms with Gasteiger partial charge in [0.1, 0.15) is 17.4 Å². The van der Waals surface area contributed by atoms with Crippen molar-refractivity contribution < 1.29 is 14.6 Å². The fourth-order valence-corrected chi connectivity index (χ4v) is 5.80. The van der Waals surface area contributed by atoms with E-state index in [1.165, 1.54) is 18.7 Å². The fraction of sp³-hybridized carbons (Fsp3) is 0.435. The zero-order valence-corrected chi connectivity index (χ0v) is 19.9. The lowest BCUT2D eigenvalue weighted by atomic mass is 10.1. The molecular weight excluding hydrogens is 462 g/mol. The molecule has 1 aromatic carbocycles. The lowest BCUT2D eigenvalue weighted by molar-refractivity contribution is -0.138. The maximum absolute atomic E-state index is 12.1. The summed E-state index contributed by atoms with van der Waals surface area (Å²) in [5, 5.41) is 11.1. The first-order chi connectivity index (χ1) is 15.9. The molecule has 8 nitrogen and oxygen atoms in total. The molecule has 2 aliphatic heterocycles.